The maximum atomic E-state index is 6.06. The quantitative estimate of drug-likeness (QED) is 0.145. The molecule has 4 nitrogen and oxygen atoms in total. The van der Waals surface area contributed by atoms with Gasteiger partial charge in [-0.15, -0.1) is 0 Å². The summed E-state index contributed by atoms with van der Waals surface area (Å²) in [5.74, 6) is 1.45. The molecule has 0 saturated heterocycles. The van der Waals surface area contributed by atoms with Crippen LogP contribution in [-0.4, -0.2) is 40.0 Å². The molecule has 4 unspecified atom stereocenters. The molecular formula is C21H24Na4O4S4. The number of fused-ring (bicyclic) bond motifs is 16. The first-order valence-electron chi connectivity index (χ1n) is 10.2. The molecule has 33 heavy (non-hydrogen) atoms. The van der Waals surface area contributed by atoms with Gasteiger partial charge in [0.2, 0.25) is 0 Å². The van der Waals surface area contributed by atoms with Gasteiger partial charge in [0.25, 0.3) is 0 Å². The largest absolute Gasteiger partial charge is 1.00 e. The zero-order chi connectivity index (χ0) is 20.6. The van der Waals surface area contributed by atoms with Crippen molar-refractivity contribution in [3.8, 4) is 0 Å². The summed E-state index contributed by atoms with van der Waals surface area (Å²) >= 11 is 23.3. The molecule has 0 aliphatic heterocycles. The molecule has 0 radical (unpaired) electrons. The van der Waals surface area contributed by atoms with Crippen LogP contribution in [0.2, 0.25) is 0 Å². The van der Waals surface area contributed by atoms with Gasteiger partial charge in [0.05, 0.1) is 0 Å². The standard InChI is InChI=1S/C21H28O4S4.4Na/c1-22-20(23-2)12-8-6-5-7(9(8)13(20)17(27)16(12)26)11-10(6)14-18(28)19(29)15(11)21(14,24-3)25-4;;;;/h6-15,26-29H,5H2,1-4H3;;;;/q;4*+1/p-4/t6?,7?,8-,9+,10+,11-,12+,13?,14-,15?;;;;. The van der Waals surface area contributed by atoms with Gasteiger partial charge in [-0.2, -0.15) is 0 Å². The van der Waals surface area contributed by atoms with Crippen molar-refractivity contribution in [2.24, 2.45) is 59.2 Å². The van der Waals surface area contributed by atoms with E-state index in [0.29, 0.717) is 35.5 Å². The van der Waals surface area contributed by atoms with Crippen LogP contribution in [0.4, 0.5) is 0 Å². The second-order valence-electron chi connectivity index (χ2n) is 9.50. The molecule has 10 atom stereocenters. The van der Waals surface area contributed by atoms with Crippen LogP contribution in [0.1, 0.15) is 6.42 Å². The molecule has 12 heteroatoms. The second kappa shape index (κ2) is 11.2. The third-order valence-corrected chi connectivity index (χ3v) is 11.7. The van der Waals surface area contributed by atoms with Crippen molar-refractivity contribution in [3.05, 3.63) is 19.6 Å². The Bertz CT molecular complexity index is 741. The van der Waals surface area contributed by atoms with Crippen LogP contribution in [0.3, 0.4) is 0 Å². The van der Waals surface area contributed by atoms with Crippen molar-refractivity contribution in [1.82, 2.24) is 0 Å². The second-order valence-corrected chi connectivity index (χ2v) is 11.3. The summed E-state index contributed by atoms with van der Waals surface area (Å²) in [5, 5.41) is 0. The Hall–Kier alpha value is 4.20. The van der Waals surface area contributed by atoms with E-state index in [0.717, 1.165) is 19.6 Å². The number of methoxy groups -OCH3 is 4. The molecular weight excluding hydrogens is 536 g/mol. The van der Waals surface area contributed by atoms with E-state index < -0.39 is 11.6 Å². The molecule has 0 N–H and O–H groups in total. The summed E-state index contributed by atoms with van der Waals surface area (Å²) < 4.78 is 24.2. The summed E-state index contributed by atoms with van der Waals surface area (Å²) in [6.45, 7) is 0. The molecule has 6 bridgehead atoms. The van der Waals surface area contributed by atoms with Gasteiger partial charge in [0, 0.05) is 52.1 Å². The van der Waals surface area contributed by atoms with Crippen molar-refractivity contribution in [2.75, 3.05) is 28.4 Å². The van der Waals surface area contributed by atoms with Crippen molar-refractivity contribution in [3.63, 3.8) is 0 Å². The minimum atomic E-state index is -0.710. The third kappa shape index (κ3) is 3.62. The molecule has 0 aromatic carbocycles. The molecule has 0 aromatic heterocycles. The first-order valence-corrected chi connectivity index (χ1v) is 11.9. The Morgan fingerprint density at radius 3 is 0.909 bits per heavy atom. The van der Waals surface area contributed by atoms with Crippen LogP contribution in [0.15, 0.2) is 19.6 Å². The Balaban J connectivity index is 0.000000963. The van der Waals surface area contributed by atoms with Crippen LogP contribution in [0.5, 0.6) is 0 Å². The Labute approximate surface area is 307 Å². The minimum Gasteiger partial charge on any atom is -0.785 e. The molecule has 0 spiro atoms. The summed E-state index contributed by atoms with van der Waals surface area (Å²) in [7, 11) is 6.94. The van der Waals surface area contributed by atoms with Gasteiger partial charge in [-0.05, 0) is 41.9 Å². The fourth-order valence-corrected chi connectivity index (χ4v) is 11.0. The molecule has 0 amide bonds. The fourth-order valence-electron chi connectivity index (χ4n) is 9.16. The van der Waals surface area contributed by atoms with Gasteiger partial charge >= 0.3 is 118 Å². The zero-order valence-electron chi connectivity index (χ0n) is 20.7. The fraction of sp³-hybridized carbons (Fsp3) is 0.810. The number of hydrogen-bond donors (Lipinski definition) is 0. The van der Waals surface area contributed by atoms with Gasteiger partial charge < -0.3 is 69.5 Å². The molecule has 0 aromatic rings. The number of ether oxygens (including phenoxy) is 4. The SMILES string of the molecule is COC1(OC)C2C([S-])=C([S-])[C@@H]1[C@@H]1C3CC([C@H]21)[C@H]1C2C([S-])=C([S-])[C@@H]([C@@H]31)C2(OC)OC.[Na+].[Na+].[Na+].[Na+]. The molecule has 6 rings (SSSR count). The molecule has 4 fully saturated rings. The number of hydrogen-bond acceptors (Lipinski definition) is 8. The smallest absolute Gasteiger partial charge is 0.785 e. The van der Waals surface area contributed by atoms with Crippen LogP contribution < -0.4 is 118 Å². The summed E-state index contributed by atoms with van der Waals surface area (Å²) in [5.41, 5.74) is 0. The normalized spacial score (nSPS) is 45.7. The first kappa shape index (κ1) is 33.4. The van der Waals surface area contributed by atoms with E-state index in [2.05, 4.69) is 0 Å². The third-order valence-electron chi connectivity index (χ3n) is 9.58. The minimum absolute atomic E-state index is 0. The van der Waals surface area contributed by atoms with Gasteiger partial charge in [-0.25, -0.2) is 19.6 Å². The van der Waals surface area contributed by atoms with E-state index in [9.17, 15) is 0 Å². The van der Waals surface area contributed by atoms with Crippen molar-refractivity contribution < 1.29 is 137 Å². The van der Waals surface area contributed by atoms with Crippen LogP contribution in [0.25, 0.3) is 0 Å². The topological polar surface area (TPSA) is 36.9 Å². The van der Waals surface area contributed by atoms with E-state index in [4.69, 9.17) is 69.5 Å². The molecule has 0 heterocycles. The monoisotopic (exact) mass is 560 g/mol. The first-order chi connectivity index (χ1) is 13.9. The molecule has 160 valence electrons. The van der Waals surface area contributed by atoms with Crippen molar-refractivity contribution in [2.45, 2.75) is 18.0 Å². The molecule has 6 aliphatic rings. The summed E-state index contributed by atoms with van der Waals surface area (Å²) in [4.78, 5) is 3.52. The van der Waals surface area contributed by atoms with Crippen LogP contribution in [0, 0.1) is 59.2 Å². The van der Waals surface area contributed by atoms with Gasteiger partial charge in [0.15, 0.2) is 11.6 Å². The van der Waals surface area contributed by atoms with E-state index in [1.807, 2.05) is 0 Å². The van der Waals surface area contributed by atoms with E-state index in [-0.39, 0.29) is 142 Å². The average Bonchev–Trinajstić information content (AvgIpc) is 3.48. The zero-order valence-corrected chi connectivity index (χ0v) is 32.0. The van der Waals surface area contributed by atoms with Crippen molar-refractivity contribution >= 4 is 50.5 Å². The maximum absolute atomic E-state index is 6.06. The van der Waals surface area contributed by atoms with E-state index in [1.165, 1.54) is 6.42 Å². The molecule has 4 saturated carbocycles. The predicted octanol–water partition coefficient (Wildman–Crippen LogP) is -9.77. The number of rotatable bonds is 4. The molecule has 6 aliphatic carbocycles. The van der Waals surface area contributed by atoms with Crippen LogP contribution in [-0.2, 0) is 69.5 Å². The van der Waals surface area contributed by atoms with E-state index >= 15 is 0 Å². The Kier molecular flexibility index (Phi) is 11.4. The maximum Gasteiger partial charge on any atom is 1.00 e. The Morgan fingerprint density at radius 2 is 0.727 bits per heavy atom. The van der Waals surface area contributed by atoms with Crippen LogP contribution >= 0.6 is 0 Å². The Morgan fingerprint density at radius 1 is 0.515 bits per heavy atom. The summed E-state index contributed by atoms with van der Waals surface area (Å²) in [6, 6.07) is 0. The predicted molar refractivity (Wildman–Crippen MR) is 117 cm³/mol. The van der Waals surface area contributed by atoms with Gasteiger partial charge in [-0.3, -0.25) is 0 Å². The summed E-state index contributed by atoms with van der Waals surface area (Å²) in [6.07, 6.45) is 1.19. The van der Waals surface area contributed by atoms with Crippen molar-refractivity contribution in [1.29, 1.82) is 0 Å². The van der Waals surface area contributed by atoms with Gasteiger partial charge in [-0.1, -0.05) is 0 Å². The van der Waals surface area contributed by atoms with Gasteiger partial charge in [0.1, 0.15) is 0 Å². The average molecular weight is 561 g/mol. The van der Waals surface area contributed by atoms with E-state index in [1.54, 1.807) is 28.4 Å².